The number of methoxy groups -OCH3 is 1. The summed E-state index contributed by atoms with van der Waals surface area (Å²) in [5.74, 6) is 1.87. The van der Waals surface area contributed by atoms with Crippen LogP contribution in [0.5, 0.6) is 5.75 Å². The highest BCUT2D eigenvalue weighted by atomic mass is 127. The topological polar surface area (TPSA) is 79.3 Å². The van der Waals surface area contributed by atoms with Crippen molar-refractivity contribution >= 4 is 35.8 Å². The largest absolute Gasteiger partial charge is 0.496 e. The van der Waals surface area contributed by atoms with Crippen molar-refractivity contribution in [2.45, 2.75) is 46.3 Å². The van der Waals surface area contributed by atoms with Gasteiger partial charge in [-0.15, -0.1) is 24.0 Å². The molecule has 0 aliphatic carbocycles. The zero-order valence-corrected chi connectivity index (χ0v) is 20.8. The first-order valence-electron chi connectivity index (χ1n) is 10.5. The summed E-state index contributed by atoms with van der Waals surface area (Å²) in [4.78, 5) is 26.0. The molecule has 30 heavy (non-hydrogen) atoms. The minimum Gasteiger partial charge on any atom is -0.496 e. The number of aromatic nitrogens is 1. The number of amides is 1. The van der Waals surface area contributed by atoms with E-state index in [0.29, 0.717) is 26.2 Å². The van der Waals surface area contributed by atoms with E-state index in [4.69, 9.17) is 14.5 Å². The molecular weight excluding hydrogens is 497 g/mol. The Bertz CT molecular complexity index is 744. The van der Waals surface area contributed by atoms with Crippen molar-refractivity contribution in [1.29, 1.82) is 0 Å². The van der Waals surface area contributed by atoms with Crippen LogP contribution < -0.4 is 10.1 Å². The van der Waals surface area contributed by atoms with Crippen LogP contribution in [0.2, 0.25) is 0 Å². The first-order chi connectivity index (χ1) is 14.0. The van der Waals surface area contributed by atoms with Gasteiger partial charge in [-0.05, 0) is 33.6 Å². The number of pyridine rings is 1. The summed E-state index contributed by atoms with van der Waals surface area (Å²) >= 11 is 0. The molecule has 2 aliphatic heterocycles. The molecular formula is C21H34IN5O3. The zero-order chi connectivity index (χ0) is 20.8. The third-order valence-corrected chi connectivity index (χ3v) is 5.56. The predicted octanol–water partition coefficient (Wildman–Crippen LogP) is 2.11. The number of nitrogens with zero attached hydrogens (tertiary/aromatic N) is 4. The Balaban J connectivity index is 0.00000320. The summed E-state index contributed by atoms with van der Waals surface area (Å²) in [5, 5.41) is 3.37. The molecule has 1 aromatic rings. The lowest BCUT2D eigenvalue weighted by molar-refractivity contribution is -0.142. The summed E-state index contributed by atoms with van der Waals surface area (Å²) in [7, 11) is 1.68. The van der Waals surface area contributed by atoms with Crippen LogP contribution >= 0.6 is 24.0 Å². The summed E-state index contributed by atoms with van der Waals surface area (Å²) in [6, 6.07) is 0. The van der Waals surface area contributed by atoms with E-state index in [0.717, 1.165) is 61.0 Å². The number of hydrogen-bond donors (Lipinski definition) is 1. The number of ether oxygens (including phenoxy) is 2. The number of carbonyl (C=O) groups is 1. The molecule has 0 spiro atoms. The molecule has 0 bridgehead atoms. The van der Waals surface area contributed by atoms with Gasteiger partial charge in [-0.25, -0.2) is 4.99 Å². The Labute approximate surface area is 196 Å². The highest BCUT2D eigenvalue weighted by Gasteiger charge is 2.30. The van der Waals surface area contributed by atoms with Crippen LogP contribution in [-0.2, 0) is 16.1 Å². The number of aliphatic imine (C=N–C) groups is 1. The lowest BCUT2D eigenvalue weighted by Gasteiger charge is -2.37. The molecule has 1 unspecified atom stereocenters. The molecule has 9 heteroatoms. The SMILES string of the molecule is CCNC(=NCc1ncc(C)c(OC)c1C)N1CCN(C(=O)C2CCCO2)CC1.I. The van der Waals surface area contributed by atoms with Gasteiger partial charge in [0.15, 0.2) is 5.96 Å². The summed E-state index contributed by atoms with van der Waals surface area (Å²) in [6.45, 7) is 11.0. The van der Waals surface area contributed by atoms with Gasteiger partial charge in [-0.2, -0.15) is 0 Å². The van der Waals surface area contributed by atoms with Gasteiger partial charge in [0.2, 0.25) is 0 Å². The van der Waals surface area contributed by atoms with E-state index in [1.807, 2.05) is 24.9 Å². The molecule has 1 atom stereocenters. The normalized spacial score (nSPS) is 19.5. The summed E-state index contributed by atoms with van der Waals surface area (Å²) in [6.07, 6.45) is 3.41. The quantitative estimate of drug-likeness (QED) is 0.357. The molecule has 1 N–H and O–H groups in total. The predicted molar refractivity (Wildman–Crippen MR) is 128 cm³/mol. The summed E-state index contributed by atoms with van der Waals surface area (Å²) < 4.78 is 11.0. The molecule has 2 aliphatic rings. The van der Waals surface area contributed by atoms with Gasteiger partial charge in [-0.1, -0.05) is 0 Å². The average Bonchev–Trinajstić information content (AvgIpc) is 3.27. The summed E-state index contributed by atoms with van der Waals surface area (Å²) in [5.41, 5.74) is 2.96. The fourth-order valence-electron chi connectivity index (χ4n) is 3.92. The van der Waals surface area contributed by atoms with Crippen LogP contribution in [0.15, 0.2) is 11.2 Å². The van der Waals surface area contributed by atoms with Gasteiger partial charge in [-0.3, -0.25) is 9.78 Å². The van der Waals surface area contributed by atoms with Crippen molar-refractivity contribution in [3.63, 3.8) is 0 Å². The minimum absolute atomic E-state index is 0. The monoisotopic (exact) mass is 531 g/mol. The maximum atomic E-state index is 12.6. The molecule has 2 saturated heterocycles. The second-order valence-corrected chi connectivity index (χ2v) is 7.53. The van der Waals surface area contributed by atoms with Crippen LogP contribution in [-0.4, -0.2) is 79.2 Å². The third-order valence-electron chi connectivity index (χ3n) is 5.56. The highest BCUT2D eigenvalue weighted by Crippen LogP contribution is 2.24. The number of nitrogens with one attached hydrogen (secondary N) is 1. The minimum atomic E-state index is -0.242. The third kappa shape index (κ3) is 5.75. The van der Waals surface area contributed by atoms with Crippen LogP contribution in [0.3, 0.4) is 0 Å². The van der Waals surface area contributed by atoms with Gasteiger partial charge >= 0.3 is 0 Å². The standard InChI is InChI=1S/C21H33N5O3.HI/c1-5-22-21(24-14-17-16(3)19(28-4)15(2)13-23-17)26-10-8-25(9-11-26)20(27)18-7-6-12-29-18;/h13,18H,5-12,14H2,1-4H3,(H,22,24);1H. The van der Waals surface area contributed by atoms with Gasteiger partial charge in [0.25, 0.3) is 5.91 Å². The van der Waals surface area contributed by atoms with Crippen LogP contribution in [0, 0.1) is 13.8 Å². The van der Waals surface area contributed by atoms with E-state index >= 15 is 0 Å². The lowest BCUT2D eigenvalue weighted by Crippen LogP contribution is -2.55. The first-order valence-corrected chi connectivity index (χ1v) is 10.5. The maximum Gasteiger partial charge on any atom is 0.251 e. The Kier molecular flexibility index (Phi) is 9.60. The first kappa shape index (κ1) is 24.6. The fourth-order valence-corrected chi connectivity index (χ4v) is 3.92. The molecule has 2 fully saturated rings. The molecule has 1 aromatic heterocycles. The molecule has 3 heterocycles. The van der Waals surface area contributed by atoms with Gasteiger partial charge in [0, 0.05) is 56.7 Å². The molecule has 0 aromatic carbocycles. The Morgan fingerprint density at radius 2 is 2.00 bits per heavy atom. The van der Waals surface area contributed by atoms with E-state index in [1.165, 1.54) is 0 Å². The number of rotatable bonds is 5. The smallest absolute Gasteiger partial charge is 0.251 e. The number of halogens is 1. The Morgan fingerprint density at radius 1 is 1.30 bits per heavy atom. The van der Waals surface area contributed by atoms with E-state index in [9.17, 15) is 4.79 Å². The lowest BCUT2D eigenvalue weighted by atomic mass is 10.1. The second kappa shape index (κ2) is 11.7. The number of carbonyl (C=O) groups excluding carboxylic acids is 1. The van der Waals surface area contributed by atoms with Crippen molar-refractivity contribution < 1.29 is 14.3 Å². The zero-order valence-electron chi connectivity index (χ0n) is 18.4. The number of hydrogen-bond acceptors (Lipinski definition) is 5. The molecule has 0 saturated carbocycles. The van der Waals surface area contributed by atoms with Crippen LogP contribution in [0.25, 0.3) is 0 Å². The Hall–Kier alpha value is -1.62. The number of piperazine rings is 1. The molecule has 168 valence electrons. The van der Waals surface area contributed by atoms with Gasteiger partial charge < -0.3 is 24.6 Å². The van der Waals surface area contributed by atoms with Gasteiger partial charge in [0.1, 0.15) is 11.9 Å². The second-order valence-electron chi connectivity index (χ2n) is 7.53. The molecule has 1 amide bonds. The van der Waals surface area contributed by atoms with Crippen molar-refractivity contribution in [3.05, 3.63) is 23.0 Å². The molecule has 0 radical (unpaired) electrons. The molecule has 8 nitrogen and oxygen atoms in total. The van der Waals surface area contributed by atoms with Gasteiger partial charge in [0.05, 0.1) is 19.3 Å². The van der Waals surface area contributed by atoms with Crippen LogP contribution in [0.4, 0.5) is 0 Å². The molecule has 3 rings (SSSR count). The highest BCUT2D eigenvalue weighted by molar-refractivity contribution is 14.0. The number of guanidine groups is 1. The Morgan fingerprint density at radius 3 is 2.60 bits per heavy atom. The van der Waals surface area contributed by atoms with Crippen molar-refractivity contribution in [3.8, 4) is 5.75 Å². The van der Waals surface area contributed by atoms with Crippen molar-refractivity contribution in [2.24, 2.45) is 4.99 Å². The van der Waals surface area contributed by atoms with E-state index in [1.54, 1.807) is 7.11 Å². The van der Waals surface area contributed by atoms with E-state index in [-0.39, 0.29) is 36.0 Å². The average molecular weight is 531 g/mol. The van der Waals surface area contributed by atoms with Crippen molar-refractivity contribution in [1.82, 2.24) is 20.1 Å². The van der Waals surface area contributed by atoms with E-state index < -0.39 is 0 Å². The van der Waals surface area contributed by atoms with Crippen LogP contribution in [0.1, 0.15) is 36.6 Å². The fraction of sp³-hybridized carbons (Fsp3) is 0.667. The number of aryl methyl sites for hydroxylation is 1. The van der Waals surface area contributed by atoms with E-state index in [2.05, 4.69) is 22.1 Å². The van der Waals surface area contributed by atoms with Crippen molar-refractivity contribution in [2.75, 3.05) is 46.4 Å². The maximum absolute atomic E-state index is 12.6.